The SMILES string of the molecule is CC1(C)Oc2ccccc2-n2c1ccc2C(C)(C)c1ccc2n1-c1ccccc1OC2(C)C. The fourth-order valence-corrected chi connectivity index (χ4v) is 5.55. The van der Waals surface area contributed by atoms with Gasteiger partial charge in [0.25, 0.3) is 0 Å². The fraction of sp³-hybridized carbons (Fsp3) is 0.310. The van der Waals surface area contributed by atoms with Crippen molar-refractivity contribution in [3.05, 3.63) is 95.6 Å². The van der Waals surface area contributed by atoms with Gasteiger partial charge in [-0.15, -0.1) is 0 Å². The summed E-state index contributed by atoms with van der Waals surface area (Å²) in [7, 11) is 0. The zero-order chi connectivity index (χ0) is 23.2. The maximum atomic E-state index is 6.38. The van der Waals surface area contributed by atoms with Crippen LogP contribution in [0.2, 0.25) is 0 Å². The monoisotopic (exact) mass is 438 g/mol. The zero-order valence-corrected chi connectivity index (χ0v) is 20.1. The summed E-state index contributed by atoms with van der Waals surface area (Å²) in [5.41, 5.74) is 5.89. The molecule has 0 saturated heterocycles. The molecule has 0 atom stereocenters. The van der Waals surface area contributed by atoms with Gasteiger partial charge in [0, 0.05) is 16.8 Å². The van der Waals surface area contributed by atoms with Crippen molar-refractivity contribution in [2.24, 2.45) is 0 Å². The molecule has 0 N–H and O–H groups in total. The van der Waals surface area contributed by atoms with Crippen LogP contribution in [0.3, 0.4) is 0 Å². The summed E-state index contributed by atoms with van der Waals surface area (Å²) in [6.07, 6.45) is 0. The Kier molecular flexibility index (Phi) is 3.89. The Hall–Kier alpha value is -3.40. The molecule has 4 heteroatoms. The largest absolute Gasteiger partial charge is 0.479 e. The molecule has 2 aromatic carbocycles. The molecular formula is C29H30N2O2. The number of hydrogen-bond acceptors (Lipinski definition) is 2. The summed E-state index contributed by atoms with van der Waals surface area (Å²) in [5, 5.41) is 0. The lowest BCUT2D eigenvalue weighted by Gasteiger charge is -2.39. The van der Waals surface area contributed by atoms with Crippen molar-refractivity contribution >= 4 is 0 Å². The minimum Gasteiger partial charge on any atom is -0.479 e. The van der Waals surface area contributed by atoms with Gasteiger partial charge < -0.3 is 18.6 Å². The summed E-state index contributed by atoms with van der Waals surface area (Å²) in [5.74, 6) is 1.83. The molecular weight excluding hydrogens is 408 g/mol. The molecule has 0 bridgehead atoms. The van der Waals surface area contributed by atoms with Gasteiger partial charge in [-0.25, -0.2) is 0 Å². The second-order valence-electron chi connectivity index (χ2n) is 10.7. The maximum Gasteiger partial charge on any atom is 0.144 e. The van der Waals surface area contributed by atoms with Crippen LogP contribution in [0.5, 0.6) is 11.5 Å². The van der Waals surface area contributed by atoms with E-state index >= 15 is 0 Å². The van der Waals surface area contributed by atoms with E-state index in [0.717, 1.165) is 22.9 Å². The number of para-hydroxylation sites is 4. The molecule has 0 spiro atoms. The van der Waals surface area contributed by atoms with Gasteiger partial charge in [0.1, 0.15) is 22.7 Å². The lowest BCUT2D eigenvalue weighted by atomic mass is 9.84. The van der Waals surface area contributed by atoms with Crippen LogP contribution in [0, 0.1) is 0 Å². The highest BCUT2D eigenvalue weighted by Crippen LogP contribution is 2.47. The van der Waals surface area contributed by atoms with E-state index in [4.69, 9.17) is 9.47 Å². The third-order valence-electron chi connectivity index (χ3n) is 7.22. The van der Waals surface area contributed by atoms with E-state index in [-0.39, 0.29) is 5.41 Å². The van der Waals surface area contributed by atoms with Crippen molar-refractivity contribution in [2.75, 3.05) is 0 Å². The number of nitrogens with zero attached hydrogens (tertiary/aromatic N) is 2. The molecule has 2 aliphatic heterocycles. The number of fused-ring (bicyclic) bond motifs is 6. The average Bonchev–Trinajstić information content (AvgIpc) is 3.41. The molecule has 168 valence electrons. The van der Waals surface area contributed by atoms with Crippen LogP contribution in [0.15, 0.2) is 72.8 Å². The number of rotatable bonds is 2. The van der Waals surface area contributed by atoms with Crippen LogP contribution in [-0.2, 0) is 16.6 Å². The van der Waals surface area contributed by atoms with Crippen LogP contribution in [0.4, 0.5) is 0 Å². The first-order valence-corrected chi connectivity index (χ1v) is 11.6. The molecule has 0 unspecified atom stereocenters. The minimum absolute atomic E-state index is 0.280. The normalized spacial score (nSPS) is 17.2. The van der Waals surface area contributed by atoms with Gasteiger partial charge in [-0.1, -0.05) is 24.3 Å². The van der Waals surface area contributed by atoms with Crippen molar-refractivity contribution in [2.45, 2.75) is 58.2 Å². The molecule has 4 heterocycles. The quantitative estimate of drug-likeness (QED) is 0.342. The summed E-state index contributed by atoms with van der Waals surface area (Å²) in [4.78, 5) is 0. The Morgan fingerprint density at radius 2 is 0.970 bits per heavy atom. The van der Waals surface area contributed by atoms with E-state index in [1.807, 2.05) is 12.1 Å². The highest BCUT2D eigenvalue weighted by Gasteiger charge is 2.41. The first-order valence-electron chi connectivity index (χ1n) is 11.6. The molecule has 33 heavy (non-hydrogen) atoms. The number of aromatic nitrogens is 2. The van der Waals surface area contributed by atoms with Gasteiger partial charge in [0.15, 0.2) is 0 Å². The smallest absolute Gasteiger partial charge is 0.144 e. The fourth-order valence-electron chi connectivity index (χ4n) is 5.55. The van der Waals surface area contributed by atoms with Crippen molar-refractivity contribution in [1.82, 2.24) is 9.13 Å². The highest BCUT2D eigenvalue weighted by molar-refractivity contribution is 5.58. The number of hydrogen-bond donors (Lipinski definition) is 0. The summed E-state index contributed by atoms with van der Waals surface area (Å²) in [6, 6.07) is 25.6. The van der Waals surface area contributed by atoms with Gasteiger partial charge in [-0.3, -0.25) is 0 Å². The second-order valence-corrected chi connectivity index (χ2v) is 10.7. The molecule has 0 amide bonds. The highest BCUT2D eigenvalue weighted by atomic mass is 16.5. The Balaban J connectivity index is 1.60. The summed E-state index contributed by atoms with van der Waals surface area (Å²) < 4.78 is 17.6. The maximum absolute atomic E-state index is 6.38. The van der Waals surface area contributed by atoms with Gasteiger partial charge in [0.2, 0.25) is 0 Å². The lowest BCUT2D eigenvalue weighted by Crippen LogP contribution is -2.36. The molecule has 4 nitrogen and oxygen atoms in total. The van der Waals surface area contributed by atoms with Gasteiger partial charge in [0.05, 0.1) is 22.8 Å². The van der Waals surface area contributed by atoms with E-state index in [1.54, 1.807) is 0 Å². The van der Waals surface area contributed by atoms with Crippen molar-refractivity contribution in [3.8, 4) is 22.9 Å². The van der Waals surface area contributed by atoms with Crippen molar-refractivity contribution < 1.29 is 9.47 Å². The molecule has 0 saturated carbocycles. The predicted molar refractivity (Wildman–Crippen MR) is 131 cm³/mol. The molecule has 2 aliphatic rings. The van der Waals surface area contributed by atoms with Crippen LogP contribution < -0.4 is 9.47 Å². The predicted octanol–water partition coefficient (Wildman–Crippen LogP) is 6.85. The average molecular weight is 439 g/mol. The van der Waals surface area contributed by atoms with Crippen LogP contribution >= 0.6 is 0 Å². The number of ether oxygens (including phenoxy) is 2. The molecule has 4 aromatic rings. The van der Waals surface area contributed by atoms with E-state index in [1.165, 1.54) is 22.8 Å². The van der Waals surface area contributed by atoms with Crippen LogP contribution in [0.1, 0.15) is 64.3 Å². The van der Waals surface area contributed by atoms with Gasteiger partial charge in [-0.2, -0.15) is 0 Å². The Labute approximate surface area is 195 Å². The van der Waals surface area contributed by atoms with E-state index in [0.29, 0.717) is 0 Å². The van der Waals surface area contributed by atoms with Crippen molar-refractivity contribution in [3.63, 3.8) is 0 Å². The van der Waals surface area contributed by atoms with Crippen LogP contribution in [-0.4, -0.2) is 9.13 Å². The Bertz CT molecular complexity index is 1300. The summed E-state index contributed by atoms with van der Waals surface area (Å²) in [6.45, 7) is 13.2. The molecule has 0 radical (unpaired) electrons. The van der Waals surface area contributed by atoms with E-state index in [9.17, 15) is 0 Å². The van der Waals surface area contributed by atoms with E-state index in [2.05, 4.69) is 111 Å². The molecule has 2 aromatic heterocycles. The van der Waals surface area contributed by atoms with Gasteiger partial charge >= 0.3 is 0 Å². The minimum atomic E-state index is -0.413. The zero-order valence-electron chi connectivity index (χ0n) is 20.1. The van der Waals surface area contributed by atoms with E-state index < -0.39 is 11.2 Å². The topological polar surface area (TPSA) is 28.3 Å². The molecule has 0 aliphatic carbocycles. The third-order valence-corrected chi connectivity index (χ3v) is 7.22. The third kappa shape index (κ3) is 2.70. The van der Waals surface area contributed by atoms with Crippen LogP contribution in [0.25, 0.3) is 11.4 Å². The number of benzene rings is 2. The van der Waals surface area contributed by atoms with Gasteiger partial charge in [-0.05, 0) is 90.1 Å². The first-order chi connectivity index (χ1) is 15.6. The molecule has 0 fully saturated rings. The van der Waals surface area contributed by atoms with Crippen molar-refractivity contribution in [1.29, 1.82) is 0 Å². The Morgan fingerprint density at radius 3 is 1.39 bits per heavy atom. The first kappa shape index (κ1) is 20.2. The molecule has 6 rings (SSSR count). The summed E-state index contributed by atoms with van der Waals surface area (Å²) >= 11 is 0. The second kappa shape index (κ2) is 6.34. The standard InChI is InChI=1S/C29H30N2O2/c1-27(2,23-15-17-25-28(3,4)32-21-13-9-7-11-19(21)30(23)25)24-16-18-26-29(5,6)33-22-14-10-8-12-20(22)31(24)26/h7-18H,1-6H3. The Morgan fingerprint density at radius 1 is 0.576 bits per heavy atom. The lowest BCUT2D eigenvalue weighted by molar-refractivity contribution is 0.0911.